The van der Waals surface area contributed by atoms with Crippen molar-refractivity contribution in [1.29, 1.82) is 0 Å². The van der Waals surface area contributed by atoms with E-state index in [1.165, 1.54) is 6.42 Å². The number of ether oxygens (including phenoxy) is 1. The van der Waals surface area contributed by atoms with Crippen LogP contribution >= 0.6 is 11.6 Å². The molecule has 0 bridgehead atoms. The van der Waals surface area contributed by atoms with Crippen LogP contribution in [0.4, 0.5) is 0 Å². The van der Waals surface area contributed by atoms with Gasteiger partial charge >= 0.3 is 0 Å². The second kappa shape index (κ2) is 3.94. The first-order chi connectivity index (χ1) is 6.34. The van der Waals surface area contributed by atoms with Gasteiger partial charge in [-0.25, -0.2) is 4.98 Å². The smallest absolute Gasteiger partial charge is 0.137 e. The van der Waals surface area contributed by atoms with Crippen molar-refractivity contribution in [3.63, 3.8) is 0 Å². The monoisotopic (exact) mass is 198 g/mol. The van der Waals surface area contributed by atoms with Crippen LogP contribution in [0.5, 0.6) is 5.75 Å². The Morgan fingerprint density at radius 1 is 1.62 bits per heavy atom. The minimum Gasteiger partial charge on any atom is -0.490 e. The molecule has 4 heteroatoms. The fourth-order valence-electron chi connectivity index (χ4n) is 1.14. The second-order valence-corrected chi connectivity index (χ2v) is 3.45. The van der Waals surface area contributed by atoms with E-state index in [2.05, 4.69) is 10.3 Å². The van der Waals surface area contributed by atoms with Gasteiger partial charge in [-0.2, -0.15) is 0 Å². The van der Waals surface area contributed by atoms with Gasteiger partial charge in [-0.05, 0) is 25.1 Å². The van der Waals surface area contributed by atoms with Gasteiger partial charge in [-0.3, -0.25) is 0 Å². The van der Waals surface area contributed by atoms with Crippen LogP contribution in [-0.2, 0) is 0 Å². The summed E-state index contributed by atoms with van der Waals surface area (Å²) in [7, 11) is 0. The van der Waals surface area contributed by atoms with Gasteiger partial charge in [-0.15, -0.1) is 0 Å². The highest BCUT2D eigenvalue weighted by Gasteiger charge is 2.16. The molecule has 1 aromatic heterocycles. The molecule has 2 rings (SSSR count). The van der Waals surface area contributed by atoms with Crippen LogP contribution in [0.25, 0.3) is 0 Å². The Morgan fingerprint density at radius 3 is 3.00 bits per heavy atom. The molecule has 1 aromatic rings. The van der Waals surface area contributed by atoms with E-state index in [0.29, 0.717) is 17.8 Å². The van der Waals surface area contributed by atoms with Crippen molar-refractivity contribution in [1.82, 2.24) is 10.3 Å². The molecule has 0 amide bonds. The molecule has 0 aliphatic carbocycles. The van der Waals surface area contributed by atoms with Crippen LogP contribution < -0.4 is 10.1 Å². The van der Waals surface area contributed by atoms with E-state index in [1.54, 1.807) is 12.3 Å². The fourth-order valence-corrected chi connectivity index (χ4v) is 1.25. The van der Waals surface area contributed by atoms with Crippen LogP contribution in [0, 0.1) is 0 Å². The third-order valence-electron chi connectivity index (χ3n) is 2.08. The normalized spacial score (nSPS) is 20.8. The van der Waals surface area contributed by atoms with E-state index < -0.39 is 0 Å². The summed E-state index contributed by atoms with van der Waals surface area (Å²) < 4.78 is 5.48. The third-order valence-corrected chi connectivity index (χ3v) is 2.30. The topological polar surface area (TPSA) is 34.1 Å². The Hall–Kier alpha value is -0.800. The van der Waals surface area contributed by atoms with Gasteiger partial charge in [0.05, 0.1) is 6.20 Å². The average Bonchev–Trinajstić information content (AvgIpc) is 2.05. The van der Waals surface area contributed by atoms with Crippen molar-refractivity contribution in [2.45, 2.75) is 12.5 Å². The Kier molecular flexibility index (Phi) is 2.66. The van der Waals surface area contributed by atoms with Crippen molar-refractivity contribution in [2.24, 2.45) is 0 Å². The maximum Gasteiger partial charge on any atom is 0.137 e. The number of nitrogens with one attached hydrogen (secondary N) is 1. The molecule has 1 fully saturated rings. The summed E-state index contributed by atoms with van der Waals surface area (Å²) in [6, 6.07) is 4.06. The zero-order valence-corrected chi connectivity index (χ0v) is 7.92. The minimum absolute atomic E-state index is 0.495. The molecule has 1 N–H and O–H groups in total. The predicted molar refractivity (Wildman–Crippen MR) is 51.1 cm³/mol. The summed E-state index contributed by atoms with van der Waals surface area (Å²) in [5.41, 5.74) is 0. The molecular formula is C9H11ClN2O. The van der Waals surface area contributed by atoms with Gasteiger partial charge < -0.3 is 10.1 Å². The third kappa shape index (κ3) is 2.32. The van der Waals surface area contributed by atoms with E-state index in [1.807, 2.05) is 6.07 Å². The lowest BCUT2D eigenvalue weighted by Crippen LogP contribution is -2.46. The molecule has 0 aromatic carbocycles. The SMILES string of the molecule is Clc1ccc(OC[C@@H]2CCN2)cn1. The number of halogens is 1. The Balaban J connectivity index is 1.83. The van der Waals surface area contributed by atoms with Crippen LogP contribution in [0.15, 0.2) is 18.3 Å². The van der Waals surface area contributed by atoms with Crippen LogP contribution in [0.3, 0.4) is 0 Å². The van der Waals surface area contributed by atoms with Crippen LogP contribution in [-0.4, -0.2) is 24.2 Å². The molecular weight excluding hydrogens is 188 g/mol. The lowest BCUT2D eigenvalue weighted by Gasteiger charge is -2.27. The highest BCUT2D eigenvalue weighted by molar-refractivity contribution is 6.29. The molecule has 0 saturated carbocycles. The molecule has 0 spiro atoms. The molecule has 0 unspecified atom stereocenters. The van der Waals surface area contributed by atoms with E-state index in [9.17, 15) is 0 Å². The van der Waals surface area contributed by atoms with Gasteiger partial charge in [0.2, 0.25) is 0 Å². The number of pyridine rings is 1. The maximum atomic E-state index is 5.63. The summed E-state index contributed by atoms with van der Waals surface area (Å²) in [6.45, 7) is 1.82. The summed E-state index contributed by atoms with van der Waals surface area (Å²) >= 11 is 5.63. The quantitative estimate of drug-likeness (QED) is 0.748. The molecule has 2 heterocycles. The maximum absolute atomic E-state index is 5.63. The van der Waals surface area contributed by atoms with Gasteiger partial charge in [0, 0.05) is 6.04 Å². The Labute approximate surface area is 82.1 Å². The van der Waals surface area contributed by atoms with E-state index in [-0.39, 0.29) is 0 Å². The second-order valence-electron chi connectivity index (χ2n) is 3.07. The largest absolute Gasteiger partial charge is 0.490 e. The molecule has 0 radical (unpaired) electrons. The van der Waals surface area contributed by atoms with Crippen molar-refractivity contribution in [2.75, 3.05) is 13.2 Å². The van der Waals surface area contributed by atoms with Crippen molar-refractivity contribution in [3.05, 3.63) is 23.5 Å². The zero-order valence-electron chi connectivity index (χ0n) is 7.16. The first kappa shape index (κ1) is 8.78. The number of hydrogen-bond acceptors (Lipinski definition) is 3. The van der Waals surface area contributed by atoms with E-state index >= 15 is 0 Å². The van der Waals surface area contributed by atoms with Crippen molar-refractivity contribution >= 4 is 11.6 Å². The van der Waals surface area contributed by atoms with Crippen LogP contribution in [0.1, 0.15) is 6.42 Å². The summed E-state index contributed by atoms with van der Waals surface area (Å²) in [5, 5.41) is 3.75. The number of nitrogens with zero attached hydrogens (tertiary/aromatic N) is 1. The molecule has 13 heavy (non-hydrogen) atoms. The number of aromatic nitrogens is 1. The van der Waals surface area contributed by atoms with Gasteiger partial charge in [0.15, 0.2) is 0 Å². The molecule has 70 valence electrons. The Morgan fingerprint density at radius 2 is 2.46 bits per heavy atom. The highest BCUT2D eigenvalue weighted by atomic mass is 35.5. The number of hydrogen-bond donors (Lipinski definition) is 1. The molecule has 3 nitrogen and oxygen atoms in total. The molecule has 1 saturated heterocycles. The van der Waals surface area contributed by atoms with Crippen molar-refractivity contribution in [3.8, 4) is 5.75 Å². The highest BCUT2D eigenvalue weighted by Crippen LogP contribution is 2.13. The summed E-state index contributed by atoms with van der Waals surface area (Å²) in [5.74, 6) is 0.776. The van der Waals surface area contributed by atoms with E-state index in [0.717, 1.165) is 12.3 Å². The van der Waals surface area contributed by atoms with Gasteiger partial charge in [0.1, 0.15) is 17.5 Å². The lowest BCUT2D eigenvalue weighted by atomic mass is 10.1. The average molecular weight is 199 g/mol. The summed E-state index contributed by atoms with van der Waals surface area (Å²) in [6.07, 6.45) is 2.84. The van der Waals surface area contributed by atoms with Gasteiger partial charge in [-0.1, -0.05) is 11.6 Å². The lowest BCUT2D eigenvalue weighted by molar-refractivity contribution is 0.217. The molecule has 1 aliphatic heterocycles. The van der Waals surface area contributed by atoms with Crippen molar-refractivity contribution < 1.29 is 4.74 Å². The summed E-state index contributed by atoms with van der Waals surface area (Å²) in [4.78, 5) is 3.92. The molecule has 1 atom stereocenters. The van der Waals surface area contributed by atoms with E-state index in [4.69, 9.17) is 16.3 Å². The first-order valence-corrected chi connectivity index (χ1v) is 4.70. The van der Waals surface area contributed by atoms with Crippen LogP contribution in [0.2, 0.25) is 5.15 Å². The fraction of sp³-hybridized carbons (Fsp3) is 0.444. The van der Waals surface area contributed by atoms with Gasteiger partial charge in [0.25, 0.3) is 0 Å². The Bertz CT molecular complexity index is 271. The predicted octanol–water partition coefficient (Wildman–Crippen LogP) is 1.48. The number of rotatable bonds is 3. The first-order valence-electron chi connectivity index (χ1n) is 4.32. The molecule has 1 aliphatic rings. The zero-order chi connectivity index (χ0) is 9.10. The standard InChI is InChI=1S/C9H11ClN2O/c10-9-2-1-8(5-12-9)13-6-7-3-4-11-7/h1-2,5,7,11H,3-4,6H2/t7-/m0/s1. The minimum atomic E-state index is 0.495.